The lowest BCUT2D eigenvalue weighted by molar-refractivity contribution is -0.163. The number of nitrogens with zero attached hydrogens (tertiary/aromatic N) is 2. The predicted octanol–water partition coefficient (Wildman–Crippen LogP) is 1.91. The highest BCUT2D eigenvalue weighted by Crippen LogP contribution is 2.44. The van der Waals surface area contributed by atoms with E-state index in [2.05, 4.69) is 22.5 Å². The van der Waals surface area contributed by atoms with Gasteiger partial charge in [-0.15, -0.1) is 0 Å². The summed E-state index contributed by atoms with van der Waals surface area (Å²) in [5.41, 5.74) is -1.33. The van der Waals surface area contributed by atoms with Gasteiger partial charge in [-0.2, -0.15) is 0 Å². The van der Waals surface area contributed by atoms with Gasteiger partial charge in [-0.3, -0.25) is 19.4 Å². The normalized spacial score (nSPS) is 32.8. The van der Waals surface area contributed by atoms with Crippen molar-refractivity contribution in [1.29, 1.82) is 0 Å². The zero-order valence-electron chi connectivity index (χ0n) is 14.5. The highest BCUT2D eigenvalue weighted by Gasteiger charge is 2.60. The molecule has 138 valence electrons. The number of urea groups is 1. The number of hydrogen-bond acceptors (Lipinski definition) is 5. The molecule has 0 aromatic rings. The van der Waals surface area contributed by atoms with E-state index in [0.29, 0.717) is 24.1 Å². The van der Waals surface area contributed by atoms with E-state index in [1.165, 1.54) is 9.80 Å². The molecule has 7 nitrogen and oxygen atoms in total. The maximum absolute atomic E-state index is 13.3. The highest BCUT2D eigenvalue weighted by molar-refractivity contribution is 9.11. The number of rotatable bonds is 8. The van der Waals surface area contributed by atoms with Crippen LogP contribution < -0.4 is 0 Å². The molecule has 3 atom stereocenters. The molecular weight excluding hydrogens is 392 g/mol. The molecule has 3 aliphatic heterocycles. The zero-order chi connectivity index (χ0) is 18.4. The molecule has 0 aromatic heterocycles. The Morgan fingerprint density at radius 1 is 1.20 bits per heavy atom. The van der Waals surface area contributed by atoms with E-state index in [1.807, 2.05) is 13.8 Å². The average molecular weight is 415 g/mol. The number of hydrogen-bond donors (Lipinski definition) is 0. The van der Waals surface area contributed by atoms with Gasteiger partial charge in [0.2, 0.25) is 11.8 Å². The summed E-state index contributed by atoms with van der Waals surface area (Å²) in [7, 11) is 0. The van der Waals surface area contributed by atoms with Gasteiger partial charge in [-0.05, 0) is 10.4 Å². The number of carbonyl (C=O) groups excluding carboxylic acids is 3. The monoisotopic (exact) mass is 414 g/mol. The van der Waals surface area contributed by atoms with Gasteiger partial charge < -0.3 is 9.47 Å². The smallest absolute Gasteiger partial charge is 0.333 e. The van der Waals surface area contributed by atoms with Crippen LogP contribution in [0.3, 0.4) is 0 Å². The van der Waals surface area contributed by atoms with Crippen LogP contribution in [-0.2, 0) is 19.1 Å². The number of amides is 4. The van der Waals surface area contributed by atoms with Crippen molar-refractivity contribution < 1.29 is 23.9 Å². The van der Waals surface area contributed by atoms with E-state index in [-0.39, 0.29) is 37.6 Å². The summed E-state index contributed by atoms with van der Waals surface area (Å²) in [6.45, 7) is 9.06. The fourth-order valence-electron chi connectivity index (χ4n) is 3.37. The lowest BCUT2D eigenvalue weighted by atomic mass is 9.69. The molecule has 0 N–H and O–H groups in total. The van der Waals surface area contributed by atoms with Crippen molar-refractivity contribution in [3.63, 3.8) is 0 Å². The lowest BCUT2D eigenvalue weighted by Gasteiger charge is -2.46. The van der Waals surface area contributed by atoms with Crippen LogP contribution >= 0.6 is 15.9 Å². The number of imide groups is 2. The van der Waals surface area contributed by atoms with Gasteiger partial charge in [0.05, 0.1) is 38.5 Å². The van der Waals surface area contributed by atoms with E-state index in [9.17, 15) is 14.4 Å². The Balaban J connectivity index is 2.01. The molecule has 25 heavy (non-hydrogen) atoms. The molecule has 0 aliphatic carbocycles. The molecule has 3 fully saturated rings. The first-order chi connectivity index (χ1) is 11.8. The molecule has 0 radical (unpaired) electrons. The first-order valence-electron chi connectivity index (χ1n) is 8.55. The van der Waals surface area contributed by atoms with Crippen molar-refractivity contribution >= 4 is 33.8 Å². The summed E-state index contributed by atoms with van der Waals surface area (Å²) in [6.07, 6.45) is 0.522. The number of halogens is 1. The van der Waals surface area contributed by atoms with Crippen molar-refractivity contribution in [3.05, 3.63) is 11.1 Å². The Morgan fingerprint density at radius 2 is 1.64 bits per heavy atom. The van der Waals surface area contributed by atoms with Crippen LogP contribution in [0, 0.1) is 11.3 Å². The van der Waals surface area contributed by atoms with E-state index in [0.717, 1.165) is 0 Å². The largest absolute Gasteiger partial charge is 0.371 e. The van der Waals surface area contributed by atoms with Crippen LogP contribution in [0.1, 0.15) is 26.7 Å². The van der Waals surface area contributed by atoms with Crippen molar-refractivity contribution in [3.8, 4) is 0 Å². The van der Waals surface area contributed by atoms with Crippen LogP contribution in [0.5, 0.6) is 0 Å². The molecule has 0 saturated carbocycles. The summed E-state index contributed by atoms with van der Waals surface area (Å²) >= 11 is 3.31. The summed E-state index contributed by atoms with van der Waals surface area (Å²) in [6, 6.07) is -0.569. The van der Waals surface area contributed by atoms with Crippen molar-refractivity contribution in [2.75, 3.05) is 26.3 Å². The molecule has 0 bridgehead atoms. The number of barbiturate groups is 1. The molecule has 4 amide bonds. The van der Waals surface area contributed by atoms with Gasteiger partial charge in [0.1, 0.15) is 5.41 Å². The SMILES string of the molecule is C=C(Br)CC1(C(C)CC)C(=O)N(CC2CO2)C(=O)N(CC2CO2)C1=O. The Hall–Kier alpha value is -1.25. The Kier molecular flexibility index (Phi) is 5.05. The molecule has 3 unspecified atom stereocenters. The summed E-state index contributed by atoms with van der Waals surface area (Å²) < 4.78 is 11.0. The van der Waals surface area contributed by atoms with Crippen LogP contribution in [0.15, 0.2) is 11.1 Å². The Bertz CT molecular complexity index is 578. The van der Waals surface area contributed by atoms with E-state index in [4.69, 9.17) is 9.47 Å². The van der Waals surface area contributed by atoms with Gasteiger partial charge in [0.15, 0.2) is 0 Å². The lowest BCUT2D eigenvalue weighted by Crippen LogP contribution is -2.68. The van der Waals surface area contributed by atoms with Crippen LogP contribution in [0.25, 0.3) is 0 Å². The average Bonchev–Trinajstić information content (AvgIpc) is 3.46. The van der Waals surface area contributed by atoms with E-state index >= 15 is 0 Å². The molecular formula is C17H23BrN2O5. The third kappa shape index (κ3) is 3.39. The minimum absolute atomic E-state index is 0.137. The van der Waals surface area contributed by atoms with Gasteiger partial charge in [-0.25, -0.2) is 4.79 Å². The fourth-order valence-corrected chi connectivity index (χ4v) is 3.81. The van der Waals surface area contributed by atoms with E-state index < -0.39 is 23.3 Å². The van der Waals surface area contributed by atoms with Gasteiger partial charge in [-0.1, -0.05) is 42.8 Å². The second-order valence-corrected chi connectivity index (χ2v) is 8.12. The zero-order valence-corrected chi connectivity index (χ0v) is 16.1. The maximum atomic E-state index is 13.3. The van der Waals surface area contributed by atoms with Crippen molar-refractivity contribution in [1.82, 2.24) is 9.80 Å². The van der Waals surface area contributed by atoms with Gasteiger partial charge in [0.25, 0.3) is 0 Å². The second kappa shape index (κ2) is 6.81. The fraction of sp³-hybridized carbons (Fsp3) is 0.706. The number of ether oxygens (including phenoxy) is 2. The third-order valence-electron chi connectivity index (χ3n) is 5.22. The summed E-state index contributed by atoms with van der Waals surface area (Å²) in [5, 5.41) is 0. The molecule has 3 rings (SSSR count). The highest BCUT2D eigenvalue weighted by atomic mass is 79.9. The van der Waals surface area contributed by atoms with E-state index in [1.54, 1.807) is 0 Å². The number of epoxide rings is 2. The molecule has 3 aliphatic rings. The molecule has 3 heterocycles. The molecule has 8 heteroatoms. The minimum Gasteiger partial charge on any atom is -0.371 e. The van der Waals surface area contributed by atoms with Crippen LogP contribution in [-0.4, -0.2) is 66.2 Å². The van der Waals surface area contributed by atoms with Crippen molar-refractivity contribution in [2.45, 2.75) is 38.9 Å². The summed E-state index contributed by atoms with van der Waals surface area (Å²) in [4.78, 5) is 41.8. The minimum atomic E-state index is -1.33. The quantitative estimate of drug-likeness (QED) is 0.447. The van der Waals surface area contributed by atoms with Gasteiger partial charge >= 0.3 is 6.03 Å². The van der Waals surface area contributed by atoms with Gasteiger partial charge in [0, 0.05) is 6.42 Å². The van der Waals surface area contributed by atoms with Crippen molar-refractivity contribution in [2.24, 2.45) is 11.3 Å². The number of carbonyl (C=O) groups is 3. The standard InChI is InChI=1S/C17H23BrN2O5/c1-4-10(2)17(5-11(3)18)14(21)19(6-12-8-24-12)16(23)20(15(17)22)7-13-9-25-13/h10,12-13H,3-9H2,1-2H3. The Morgan fingerprint density at radius 3 is 1.96 bits per heavy atom. The molecule has 0 aromatic carbocycles. The predicted molar refractivity (Wildman–Crippen MR) is 92.9 cm³/mol. The molecule has 0 spiro atoms. The Labute approximate surface area is 155 Å². The molecule has 3 saturated heterocycles. The second-order valence-electron chi connectivity index (χ2n) is 7.00. The first-order valence-corrected chi connectivity index (χ1v) is 9.35. The summed E-state index contributed by atoms with van der Waals surface area (Å²) in [5.74, 6) is -1.12. The number of allylic oxidation sites excluding steroid dienone is 1. The third-order valence-corrected chi connectivity index (χ3v) is 5.50. The van der Waals surface area contributed by atoms with Crippen LogP contribution in [0.2, 0.25) is 0 Å². The topological polar surface area (TPSA) is 82.8 Å². The van der Waals surface area contributed by atoms with Crippen LogP contribution in [0.4, 0.5) is 4.79 Å². The first kappa shape index (κ1) is 18.5. The maximum Gasteiger partial charge on any atom is 0.333 e.